The lowest BCUT2D eigenvalue weighted by molar-refractivity contribution is -0.116. The van der Waals surface area contributed by atoms with E-state index in [-0.39, 0.29) is 11.8 Å². The standard InChI is InChI=1S/C32H34ClN5O2/c1-24-10-11-27(20-30(24)38-17-6-14-34-38)32(40)36-19-18-35(22-26-8-4-3-5-9-26)15-7-16-37(25(2)39)31-21-29(33)13-12-28(31)23-36/h3-6,8-14,17,20-21H,7,15-16,18-19,22-23H2,1-2H3. The van der Waals surface area contributed by atoms with Crippen LogP contribution in [0, 0.1) is 6.92 Å². The summed E-state index contributed by atoms with van der Waals surface area (Å²) in [5.74, 6) is -0.111. The monoisotopic (exact) mass is 555 g/mol. The van der Waals surface area contributed by atoms with E-state index in [4.69, 9.17) is 11.6 Å². The van der Waals surface area contributed by atoms with Crippen LogP contribution in [-0.2, 0) is 17.9 Å². The van der Waals surface area contributed by atoms with Gasteiger partial charge in [0.1, 0.15) is 0 Å². The normalized spacial score (nSPS) is 14.9. The van der Waals surface area contributed by atoms with Crippen LogP contribution in [0.15, 0.2) is 85.2 Å². The summed E-state index contributed by atoms with van der Waals surface area (Å²) in [6.07, 6.45) is 4.41. The molecule has 1 aliphatic heterocycles. The van der Waals surface area contributed by atoms with E-state index in [2.05, 4.69) is 22.1 Å². The summed E-state index contributed by atoms with van der Waals surface area (Å²) in [6.45, 7) is 7.35. The van der Waals surface area contributed by atoms with Crippen molar-refractivity contribution in [1.82, 2.24) is 19.6 Å². The topological polar surface area (TPSA) is 61.7 Å². The van der Waals surface area contributed by atoms with Crippen LogP contribution in [0.3, 0.4) is 0 Å². The minimum atomic E-state index is -0.0670. The molecule has 0 spiro atoms. The Kier molecular flexibility index (Phi) is 8.63. The quantitative estimate of drug-likeness (QED) is 0.322. The van der Waals surface area contributed by atoms with E-state index in [9.17, 15) is 9.59 Å². The van der Waals surface area contributed by atoms with E-state index in [1.165, 1.54) is 5.56 Å². The van der Waals surface area contributed by atoms with Gasteiger partial charge in [0.2, 0.25) is 5.91 Å². The average Bonchev–Trinajstić information content (AvgIpc) is 3.48. The first-order chi connectivity index (χ1) is 19.4. The predicted molar refractivity (Wildman–Crippen MR) is 159 cm³/mol. The number of anilines is 1. The molecule has 0 saturated heterocycles. The van der Waals surface area contributed by atoms with Gasteiger partial charge in [-0.25, -0.2) is 4.68 Å². The highest BCUT2D eigenvalue weighted by molar-refractivity contribution is 6.31. The largest absolute Gasteiger partial charge is 0.333 e. The summed E-state index contributed by atoms with van der Waals surface area (Å²) in [6, 6.07) is 23.6. The number of nitrogens with zero attached hydrogens (tertiary/aromatic N) is 5. The van der Waals surface area contributed by atoms with E-state index in [1.54, 1.807) is 22.7 Å². The first-order valence-corrected chi connectivity index (χ1v) is 14.0. The van der Waals surface area contributed by atoms with E-state index in [0.29, 0.717) is 36.8 Å². The molecule has 206 valence electrons. The fourth-order valence-corrected chi connectivity index (χ4v) is 5.40. The van der Waals surface area contributed by atoms with Gasteiger partial charge in [0.05, 0.1) is 11.4 Å². The maximum absolute atomic E-state index is 14.1. The molecule has 4 aromatic rings. The van der Waals surface area contributed by atoms with Crippen LogP contribution < -0.4 is 4.90 Å². The molecule has 0 bridgehead atoms. The molecule has 0 atom stereocenters. The summed E-state index contributed by atoms with van der Waals surface area (Å²) in [5, 5.41) is 4.93. The Morgan fingerprint density at radius 2 is 1.73 bits per heavy atom. The van der Waals surface area contributed by atoms with Crippen LogP contribution >= 0.6 is 11.6 Å². The molecular formula is C32H34ClN5O2. The highest BCUT2D eigenvalue weighted by Crippen LogP contribution is 2.28. The van der Waals surface area contributed by atoms with Crippen molar-refractivity contribution in [1.29, 1.82) is 0 Å². The molecule has 40 heavy (non-hydrogen) atoms. The summed E-state index contributed by atoms with van der Waals surface area (Å²) in [4.78, 5) is 32.9. The van der Waals surface area contributed by atoms with Gasteiger partial charge in [-0.1, -0.05) is 54.1 Å². The van der Waals surface area contributed by atoms with E-state index in [0.717, 1.165) is 42.0 Å². The summed E-state index contributed by atoms with van der Waals surface area (Å²) >= 11 is 6.40. The Morgan fingerprint density at radius 1 is 0.900 bits per heavy atom. The van der Waals surface area contributed by atoms with Crippen molar-refractivity contribution in [3.63, 3.8) is 0 Å². The molecule has 0 unspecified atom stereocenters. The Labute approximate surface area is 240 Å². The average molecular weight is 556 g/mol. The lowest BCUT2D eigenvalue weighted by Gasteiger charge is -2.28. The number of aromatic nitrogens is 2. The van der Waals surface area contributed by atoms with Crippen molar-refractivity contribution in [2.75, 3.05) is 31.1 Å². The van der Waals surface area contributed by atoms with E-state index >= 15 is 0 Å². The molecule has 0 aliphatic carbocycles. The molecule has 5 rings (SSSR count). The Bertz CT molecular complexity index is 1470. The maximum Gasteiger partial charge on any atom is 0.254 e. The Hall–Kier alpha value is -3.94. The van der Waals surface area contributed by atoms with Gasteiger partial charge in [-0.3, -0.25) is 14.5 Å². The van der Waals surface area contributed by atoms with Crippen LogP contribution in [0.4, 0.5) is 5.69 Å². The van der Waals surface area contributed by atoms with E-state index in [1.807, 2.05) is 78.7 Å². The number of hydrogen-bond donors (Lipinski definition) is 0. The molecule has 0 fully saturated rings. The number of hydrogen-bond acceptors (Lipinski definition) is 4. The fourth-order valence-electron chi connectivity index (χ4n) is 5.24. The number of benzene rings is 3. The number of aryl methyl sites for hydroxylation is 1. The maximum atomic E-state index is 14.1. The highest BCUT2D eigenvalue weighted by Gasteiger charge is 2.24. The van der Waals surface area contributed by atoms with Crippen molar-refractivity contribution in [3.05, 3.63) is 112 Å². The van der Waals surface area contributed by atoms with Crippen LogP contribution in [-0.4, -0.2) is 57.6 Å². The van der Waals surface area contributed by atoms with Gasteiger partial charge in [0, 0.05) is 69.2 Å². The molecule has 1 aromatic heterocycles. The molecule has 2 heterocycles. The summed E-state index contributed by atoms with van der Waals surface area (Å²) in [5.41, 5.74) is 5.37. The van der Waals surface area contributed by atoms with E-state index < -0.39 is 0 Å². The molecule has 7 nitrogen and oxygen atoms in total. The molecule has 2 amide bonds. The van der Waals surface area contributed by atoms with Crippen LogP contribution in [0.2, 0.25) is 5.02 Å². The van der Waals surface area contributed by atoms with Crippen molar-refractivity contribution < 1.29 is 9.59 Å². The van der Waals surface area contributed by atoms with Gasteiger partial charge in [0.25, 0.3) is 5.91 Å². The number of carbonyl (C=O) groups is 2. The summed E-state index contributed by atoms with van der Waals surface area (Å²) in [7, 11) is 0. The van der Waals surface area contributed by atoms with Crippen molar-refractivity contribution in [2.24, 2.45) is 0 Å². The molecule has 0 radical (unpaired) electrons. The zero-order valence-electron chi connectivity index (χ0n) is 23.0. The Balaban J connectivity index is 1.51. The SMILES string of the molecule is CC(=O)N1CCCN(Cc2ccccc2)CCN(C(=O)c2ccc(C)c(-n3cccn3)c2)Cc2ccc(Cl)cc21. The molecular weight excluding hydrogens is 522 g/mol. The first kappa shape index (κ1) is 27.6. The van der Waals surface area contributed by atoms with Crippen molar-refractivity contribution >= 4 is 29.1 Å². The highest BCUT2D eigenvalue weighted by atomic mass is 35.5. The smallest absolute Gasteiger partial charge is 0.254 e. The number of amides is 2. The third kappa shape index (κ3) is 6.43. The predicted octanol–water partition coefficient (Wildman–Crippen LogP) is 5.74. The lowest BCUT2D eigenvalue weighted by Crippen LogP contribution is -2.38. The Morgan fingerprint density at radius 3 is 2.48 bits per heavy atom. The minimum absolute atomic E-state index is 0.0438. The van der Waals surface area contributed by atoms with Gasteiger partial charge >= 0.3 is 0 Å². The van der Waals surface area contributed by atoms with Gasteiger partial charge in [0.15, 0.2) is 0 Å². The second kappa shape index (κ2) is 12.5. The van der Waals surface area contributed by atoms with Crippen LogP contribution in [0.1, 0.15) is 40.4 Å². The number of fused-ring (bicyclic) bond motifs is 1. The zero-order chi connectivity index (χ0) is 28.1. The van der Waals surface area contributed by atoms with Gasteiger partial charge in [-0.2, -0.15) is 5.10 Å². The minimum Gasteiger partial charge on any atom is -0.333 e. The number of halogens is 1. The fraction of sp³-hybridized carbons (Fsp3) is 0.281. The third-order valence-electron chi connectivity index (χ3n) is 7.37. The molecule has 8 heteroatoms. The van der Waals surface area contributed by atoms with Crippen molar-refractivity contribution in [2.45, 2.75) is 33.4 Å². The molecule has 3 aromatic carbocycles. The second-order valence-electron chi connectivity index (χ2n) is 10.2. The molecule has 1 aliphatic rings. The first-order valence-electron chi connectivity index (χ1n) is 13.6. The summed E-state index contributed by atoms with van der Waals surface area (Å²) < 4.78 is 1.78. The zero-order valence-corrected chi connectivity index (χ0v) is 23.7. The van der Waals surface area contributed by atoms with Crippen LogP contribution in [0.25, 0.3) is 5.69 Å². The van der Waals surface area contributed by atoms with Crippen LogP contribution in [0.5, 0.6) is 0 Å². The number of carbonyl (C=O) groups excluding carboxylic acids is 2. The second-order valence-corrected chi connectivity index (χ2v) is 10.7. The molecule has 0 saturated carbocycles. The lowest BCUT2D eigenvalue weighted by atomic mass is 10.1. The van der Waals surface area contributed by atoms with Crippen molar-refractivity contribution in [3.8, 4) is 5.69 Å². The number of rotatable bonds is 4. The van der Waals surface area contributed by atoms with Gasteiger partial charge < -0.3 is 9.80 Å². The van der Waals surface area contributed by atoms with Gasteiger partial charge in [-0.05, 0) is 60.4 Å². The third-order valence-corrected chi connectivity index (χ3v) is 7.60. The molecule has 0 N–H and O–H groups in total. The van der Waals surface area contributed by atoms with Gasteiger partial charge in [-0.15, -0.1) is 0 Å².